The molecular weight excluding hydrogens is 254 g/mol. The van der Waals surface area contributed by atoms with Crippen molar-refractivity contribution >= 4 is 6.09 Å². The first kappa shape index (κ1) is 17.3. The van der Waals surface area contributed by atoms with Crippen LogP contribution in [0.1, 0.15) is 72.1 Å². The van der Waals surface area contributed by atoms with Crippen LogP contribution in [0.5, 0.6) is 0 Å². The first-order chi connectivity index (χ1) is 9.40. The standard InChI is InChI=1S/C16H31NO3/c1-16(2,3)20-15(19)17-14-10-8-13(9-11-14)7-5-4-6-12-18/h13-14,18H,4-12H2,1-3H3,(H,17,19)/t13-,14-. The smallest absolute Gasteiger partial charge is 0.407 e. The normalized spacial score (nSPS) is 23.4. The molecule has 0 aromatic carbocycles. The number of hydrogen-bond acceptors (Lipinski definition) is 3. The van der Waals surface area contributed by atoms with E-state index in [1.165, 1.54) is 25.7 Å². The van der Waals surface area contributed by atoms with E-state index in [9.17, 15) is 4.79 Å². The molecule has 0 aromatic heterocycles. The lowest BCUT2D eigenvalue weighted by Gasteiger charge is -2.30. The van der Waals surface area contributed by atoms with Crippen molar-refractivity contribution in [3.05, 3.63) is 0 Å². The summed E-state index contributed by atoms with van der Waals surface area (Å²) >= 11 is 0. The number of nitrogens with one attached hydrogen (secondary N) is 1. The Balaban J connectivity index is 2.14. The maximum absolute atomic E-state index is 11.7. The molecule has 0 aliphatic heterocycles. The summed E-state index contributed by atoms with van der Waals surface area (Å²) in [5, 5.41) is 11.7. The van der Waals surface area contributed by atoms with Gasteiger partial charge in [0.25, 0.3) is 0 Å². The maximum Gasteiger partial charge on any atom is 0.407 e. The monoisotopic (exact) mass is 285 g/mol. The lowest BCUT2D eigenvalue weighted by Crippen LogP contribution is -2.40. The lowest BCUT2D eigenvalue weighted by atomic mass is 9.83. The fourth-order valence-electron chi connectivity index (χ4n) is 2.79. The highest BCUT2D eigenvalue weighted by atomic mass is 16.6. The van der Waals surface area contributed by atoms with Crippen LogP contribution in [-0.4, -0.2) is 29.4 Å². The number of hydrogen-bond donors (Lipinski definition) is 2. The number of rotatable bonds is 6. The van der Waals surface area contributed by atoms with Crippen LogP contribution in [0.3, 0.4) is 0 Å². The molecule has 1 aliphatic carbocycles. The predicted octanol–water partition coefficient (Wildman–Crippen LogP) is 3.62. The van der Waals surface area contributed by atoms with Gasteiger partial charge in [-0.15, -0.1) is 0 Å². The van der Waals surface area contributed by atoms with Gasteiger partial charge in [-0.3, -0.25) is 0 Å². The number of amides is 1. The Bertz CT molecular complexity index is 278. The first-order valence-electron chi connectivity index (χ1n) is 8.01. The molecule has 4 nitrogen and oxygen atoms in total. The van der Waals surface area contributed by atoms with Crippen LogP contribution in [0.25, 0.3) is 0 Å². The molecule has 1 aliphatic rings. The summed E-state index contributed by atoms with van der Waals surface area (Å²) < 4.78 is 5.29. The van der Waals surface area contributed by atoms with Crippen LogP contribution in [0, 0.1) is 5.92 Å². The van der Waals surface area contributed by atoms with Crippen LogP contribution in [0.2, 0.25) is 0 Å². The summed E-state index contributed by atoms with van der Waals surface area (Å²) in [6.07, 6.45) is 8.76. The molecule has 20 heavy (non-hydrogen) atoms. The van der Waals surface area contributed by atoms with E-state index in [2.05, 4.69) is 5.32 Å². The second-order valence-electron chi connectivity index (χ2n) is 6.94. The van der Waals surface area contributed by atoms with Gasteiger partial charge in [0.15, 0.2) is 0 Å². The first-order valence-corrected chi connectivity index (χ1v) is 8.01. The molecule has 4 heteroatoms. The van der Waals surface area contributed by atoms with Gasteiger partial charge >= 0.3 is 6.09 Å². The highest BCUT2D eigenvalue weighted by Crippen LogP contribution is 2.28. The fraction of sp³-hybridized carbons (Fsp3) is 0.938. The van der Waals surface area contributed by atoms with E-state index in [0.717, 1.165) is 31.6 Å². The molecule has 0 atom stereocenters. The Morgan fingerprint density at radius 3 is 2.35 bits per heavy atom. The summed E-state index contributed by atoms with van der Waals surface area (Å²) in [6.45, 7) is 5.97. The van der Waals surface area contributed by atoms with Crippen LogP contribution >= 0.6 is 0 Å². The zero-order valence-corrected chi connectivity index (χ0v) is 13.3. The van der Waals surface area contributed by atoms with Crippen molar-refractivity contribution in [2.24, 2.45) is 5.92 Å². The van der Waals surface area contributed by atoms with Crippen molar-refractivity contribution in [1.29, 1.82) is 0 Å². The number of alkyl carbamates (subject to hydrolysis) is 1. The van der Waals surface area contributed by atoms with Crippen molar-refractivity contribution in [2.45, 2.75) is 83.8 Å². The summed E-state index contributed by atoms with van der Waals surface area (Å²) in [6, 6.07) is 0.276. The molecule has 1 rings (SSSR count). The Hall–Kier alpha value is -0.770. The van der Waals surface area contributed by atoms with Gasteiger partial charge in [0.2, 0.25) is 0 Å². The van der Waals surface area contributed by atoms with Gasteiger partial charge in [-0.25, -0.2) is 4.79 Å². The van der Waals surface area contributed by atoms with Gasteiger partial charge < -0.3 is 15.2 Å². The molecular formula is C16H31NO3. The molecule has 0 aromatic rings. The molecule has 2 N–H and O–H groups in total. The van der Waals surface area contributed by atoms with Crippen LogP contribution in [-0.2, 0) is 4.74 Å². The molecule has 118 valence electrons. The molecule has 1 saturated carbocycles. The van der Waals surface area contributed by atoms with E-state index in [0.29, 0.717) is 6.61 Å². The summed E-state index contributed by atoms with van der Waals surface area (Å²) in [5.74, 6) is 0.797. The van der Waals surface area contributed by atoms with E-state index < -0.39 is 5.60 Å². The molecule has 0 heterocycles. The maximum atomic E-state index is 11.7. The molecule has 0 bridgehead atoms. The molecule has 1 fully saturated rings. The lowest BCUT2D eigenvalue weighted by molar-refractivity contribution is 0.0486. The SMILES string of the molecule is CC(C)(C)OC(=O)N[C@H]1CC[C@H](CCCCCO)CC1. The largest absolute Gasteiger partial charge is 0.444 e. The minimum Gasteiger partial charge on any atom is -0.444 e. The minimum atomic E-state index is -0.423. The third-order valence-corrected chi connectivity index (χ3v) is 3.84. The van der Waals surface area contributed by atoms with Crippen molar-refractivity contribution < 1.29 is 14.6 Å². The van der Waals surface area contributed by atoms with Crippen LogP contribution in [0.4, 0.5) is 4.79 Å². The van der Waals surface area contributed by atoms with Crippen molar-refractivity contribution in [3.63, 3.8) is 0 Å². The molecule has 0 unspecified atom stereocenters. The molecule has 0 radical (unpaired) electrons. The Morgan fingerprint density at radius 2 is 1.80 bits per heavy atom. The topological polar surface area (TPSA) is 58.6 Å². The number of ether oxygens (including phenoxy) is 1. The second kappa shape index (κ2) is 8.50. The Kier molecular flexibility index (Phi) is 7.35. The quantitative estimate of drug-likeness (QED) is 0.733. The van der Waals surface area contributed by atoms with Crippen molar-refractivity contribution in [1.82, 2.24) is 5.32 Å². The Morgan fingerprint density at radius 1 is 1.15 bits per heavy atom. The van der Waals surface area contributed by atoms with E-state index >= 15 is 0 Å². The number of carbonyl (C=O) groups is 1. The van der Waals surface area contributed by atoms with E-state index in [-0.39, 0.29) is 12.1 Å². The molecule has 0 spiro atoms. The zero-order valence-electron chi connectivity index (χ0n) is 13.3. The predicted molar refractivity (Wildman–Crippen MR) is 80.7 cm³/mol. The minimum absolute atomic E-state index is 0.276. The highest BCUT2D eigenvalue weighted by Gasteiger charge is 2.24. The fourth-order valence-corrected chi connectivity index (χ4v) is 2.79. The van der Waals surface area contributed by atoms with Crippen molar-refractivity contribution in [3.8, 4) is 0 Å². The van der Waals surface area contributed by atoms with Crippen LogP contribution < -0.4 is 5.32 Å². The van der Waals surface area contributed by atoms with E-state index in [1.807, 2.05) is 20.8 Å². The number of carbonyl (C=O) groups excluding carboxylic acids is 1. The number of aliphatic hydroxyl groups is 1. The van der Waals surface area contributed by atoms with E-state index in [4.69, 9.17) is 9.84 Å². The average molecular weight is 285 g/mol. The third kappa shape index (κ3) is 7.73. The van der Waals surface area contributed by atoms with Gasteiger partial charge in [0.05, 0.1) is 0 Å². The molecule has 0 saturated heterocycles. The van der Waals surface area contributed by atoms with Crippen molar-refractivity contribution in [2.75, 3.05) is 6.61 Å². The third-order valence-electron chi connectivity index (χ3n) is 3.84. The zero-order chi connectivity index (χ0) is 15.0. The summed E-state index contributed by atoms with van der Waals surface area (Å²) in [4.78, 5) is 11.7. The van der Waals surface area contributed by atoms with Gasteiger partial charge in [0.1, 0.15) is 5.60 Å². The summed E-state index contributed by atoms with van der Waals surface area (Å²) in [7, 11) is 0. The average Bonchev–Trinajstić information content (AvgIpc) is 2.34. The van der Waals surface area contributed by atoms with Crippen LogP contribution in [0.15, 0.2) is 0 Å². The Labute approximate surface area is 123 Å². The second-order valence-corrected chi connectivity index (χ2v) is 6.94. The highest BCUT2D eigenvalue weighted by molar-refractivity contribution is 5.68. The van der Waals surface area contributed by atoms with Gasteiger partial charge in [-0.05, 0) is 58.8 Å². The van der Waals surface area contributed by atoms with Gasteiger partial charge in [0, 0.05) is 12.6 Å². The number of unbranched alkanes of at least 4 members (excludes halogenated alkanes) is 2. The van der Waals surface area contributed by atoms with Gasteiger partial charge in [-0.2, -0.15) is 0 Å². The van der Waals surface area contributed by atoms with Gasteiger partial charge in [-0.1, -0.05) is 19.3 Å². The molecule has 1 amide bonds. The summed E-state index contributed by atoms with van der Waals surface area (Å²) in [5.41, 5.74) is -0.423. The number of aliphatic hydroxyl groups excluding tert-OH is 1. The van der Waals surface area contributed by atoms with E-state index in [1.54, 1.807) is 0 Å².